The number of carbonyl (C=O) groups excluding carboxylic acids is 1. The van der Waals surface area contributed by atoms with E-state index in [1.54, 1.807) is 7.11 Å². The lowest BCUT2D eigenvalue weighted by Crippen LogP contribution is -2.50. The molecular formula is C22H32N2O4S. The van der Waals surface area contributed by atoms with E-state index < -0.39 is 9.84 Å². The molecule has 2 aliphatic heterocycles. The minimum absolute atomic E-state index is 0.111. The van der Waals surface area contributed by atoms with Crippen molar-refractivity contribution in [3.05, 3.63) is 29.8 Å². The van der Waals surface area contributed by atoms with E-state index in [-0.39, 0.29) is 35.5 Å². The van der Waals surface area contributed by atoms with Crippen LogP contribution in [-0.4, -0.2) is 67.9 Å². The summed E-state index contributed by atoms with van der Waals surface area (Å²) < 4.78 is 29.4. The number of hydrogen-bond acceptors (Lipinski definition) is 5. The lowest BCUT2D eigenvalue weighted by molar-refractivity contribution is -0.137. The molecule has 3 fully saturated rings. The number of carbonyl (C=O) groups is 1. The number of hydrogen-bond donors (Lipinski definition) is 0. The number of nitrogens with zero attached hydrogens (tertiary/aromatic N) is 2. The molecule has 1 aliphatic carbocycles. The van der Waals surface area contributed by atoms with Crippen molar-refractivity contribution in [1.82, 2.24) is 9.80 Å². The number of amides is 1. The highest BCUT2D eigenvalue weighted by Gasteiger charge is 2.40. The molecule has 29 heavy (non-hydrogen) atoms. The maximum atomic E-state index is 13.4. The highest BCUT2D eigenvalue weighted by molar-refractivity contribution is 7.91. The normalized spacial score (nSPS) is 27.3. The van der Waals surface area contributed by atoms with Crippen LogP contribution in [0.2, 0.25) is 0 Å². The molecule has 2 atom stereocenters. The molecule has 1 aromatic carbocycles. The summed E-state index contributed by atoms with van der Waals surface area (Å²) >= 11 is 0. The molecule has 7 heteroatoms. The van der Waals surface area contributed by atoms with Gasteiger partial charge in [0.15, 0.2) is 9.84 Å². The summed E-state index contributed by atoms with van der Waals surface area (Å²) in [5.41, 5.74) is 1.21. The van der Waals surface area contributed by atoms with Gasteiger partial charge in [0.25, 0.3) is 0 Å². The third kappa shape index (κ3) is 4.61. The Morgan fingerprint density at radius 2 is 1.79 bits per heavy atom. The summed E-state index contributed by atoms with van der Waals surface area (Å²) in [5.74, 6) is 1.30. The fraction of sp³-hybridized carbons (Fsp3) is 0.682. The third-order valence-electron chi connectivity index (χ3n) is 6.81. The third-order valence-corrected chi connectivity index (χ3v) is 8.56. The van der Waals surface area contributed by atoms with Gasteiger partial charge in [-0.15, -0.1) is 0 Å². The average molecular weight is 421 g/mol. The van der Waals surface area contributed by atoms with Crippen molar-refractivity contribution in [2.75, 3.05) is 31.7 Å². The second-order valence-corrected chi connectivity index (χ2v) is 10.9. The van der Waals surface area contributed by atoms with Crippen molar-refractivity contribution in [3.8, 4) is 5.75 Å². The first-order valence-electron chi connectivity index (χ1n) is 10.9. The number of likely N-dealkylation sites (tertiary alicyclic amines) is 1. The van der Waals surface area contributed by atoms with Crippen LogP contribution in [0.4, 0.5) is 0 Å². The summed E-state index contributed by atoms with van der Waals surface area (Å²) in [4.78, 5) is 17.7. The first-order chi connectivity index (χ1) is 14.0. The molecule has 1 saturated carbocycles. The Bertz CT molecular complexity index is 818. The largest absolute Gasteiger partial charge is 0.497 e. The quantitative estimate of drug-likeness (QED) is 0.708. The van der Waals surface area contributed by atoms with Crippen LogP contribution >= 0.6 is 0 Å². The van der Waals surface area contributed by atoms with Gasteiger partial charge in [0.2, 0.25) is 5.91 Å². The summed E-state index contributed by atoms with van der Waals surface area (Å²) in [6.07, 6.45) is 6.98. The molecule has 2 saturated heterocycles. The maximum Gasteiger partial charge on any atom is 0.237 e. The van der Waals surface area contributed by atoms with E-state index >= 15 is 0 Å². The van der Waals surface area contributed by atoms with E-state index in [4.69, 9.17) is 4.74 Å². The maximum absolute atomic E-state index is 13.4. The van der Waals surface area contributed by atoms with Crippen LogP contribution in [0, 0.1) is 0 Å². The molecule has 1 amide bonds. The van der Waals surface area contributed by atoms with Gasteiger partial charge in [-0.25, -0.2) is 8.42 Å². The Kier molecular flexibility index (Phi) is 6.16. The summed E-state index contributed by atoms with van der Waals surface area (Å²) in [6, 6.07) is 8.43. The molecule has 0 N–H and O–H groups in total. The Balaban J connectivity index is 1.48. The molecule has 1 aromatic rings. The van der Waals surface area contributed by atoms with Gasteiger partial charge in [0.05, 0.1) is 25.2 Å². The number of rotatable bonds is 6. The first kappa shape index (κ1) is 20.7. The summed E-state index contributed by atoms with van der Waals surface area (Å²) in [7, 11) is -1.35. The van der Waals surface area contributed by atoms with E-state index in [0.29, 0.717) is 13.0 Å². The zero-order valence-electron chi connectivity index (χ0n) is 17.3. The van der Waals surface area contributed by atoms with E-state index in [1.165, 1.54) is 5.56 Å². The topological polar surface area (TPSA) is 66.9 Å². The van der Waals surface area contributed by atoms with Crippen molar-refractivity contribution in [1.29, 1.82) is 0 Å². The van der Waals surface area contributed by atoms with E-state index in [1.807, 2.05) is 17.0 Å². The van der Waals surface area contributed by atoms with Crippen LogP contribution in [0.15, 0.2) is 24.3 Å². The van der Waals surface area contributed by atoms with E-state index in [2.05, 4.69) is 17.0 Å². The molecule has 3 aliphatic rings. The standard InChI is InChI=1S/C22H32N2O4S/c1-28-20-10-8-17(9-11-20)21-7-4-13-23(21)15-22(25)24(18-5-2-3-6-18)19-12-14-29(26,27)16-19/h8-11,18-19,21H,2-7,12-16H2,1H3/t19-,21-/m0/s1. The zero-order chi connectivity index (χ0) is 20.4. The molecule has 0 aromatic heterocycles. The molecular weight excluding hydrogens is 388 g/mol. The van der Waals surface area contributed by atoms with Crippen LogP contribution in [-0.2, 0) is 14.6 Å². The second-order valence-electron chi connectivity index (χ2n) is 8.70. The van der Waals surface area contributed by atoms with Gasteiger partial charge in [0.1, 0.15) is 5.75 Å². The second kappa shape index (κ2) is 8.64. The van der Waals surface area contributed by atoms with Crippen molar-refractivity contribution in [3.63, 3.8) is 0 Å². The minimum Gasteiger partial charge on any atom is -0.497 e. The van der Waals surface area contributed by atoms with E-state index in [9.17, 15) is 13.2 Å². The van der Waals surface area contributed by atoms with Gasteiger partial charge in [0, 0.05) is 18.1 Å². The smallest absolute Gasteiger partial charge is 0.237 e. The molecule has 0 spiro atoms. The highest BCUT2D eigenvalue weighted by Crippen LogP contribution is 2.34. The van der Waals surface area contributed by atoms with Crippen LogP contribution < -0.4 is 4.74 Å². The van der Waals surface area contributed by atoms with E-state index in [0.717, 1.165) is 50.8 Å². The Morgan fingerprint density at radius 1 is 1.07 bits per heavy atom. The molecule has 0 unspecified atom stereocenters. The lowest BCUT2D eigenvalue weighted by Gasteiger charge is -2.36. The van der Waals surface area contributed by atoms with Gasteiger partial charge in [-0.3, -0.25) is 9.69 Å². The van der Waals surface area contributed by atoms with Crippen molar-refractivity contribution in [2.45, 2.75) is 63.1 Å². The number of methoxy groups -OCH3 is 1. The minimum atomic E-state index is -3.01. The van der Waals surface area contributed by atoms with Crippen molar-refractivity contribution >= 4 is 15.7 Å². The van der Waals surface area contributed by atoms with Gasteiger partial charge in [-0.05, 0) is 56.3 Å². The van der Waals surface area contributed by atoms with Crippen LogP contribution in [0.3, 0.4) is 0 Å². The van der Waals surface area contributed by atoms with Gasteiger partial charge < -0.3 is 9.64 Å². The zero-order valence-corrected chi connectivity index (χ0v) is 18.1. The predicted molar refractivity (Wildman–Crippen MR) is 113 cm³/mol. The lowest BCUT2D eigenvalue weighted by atomic mass is 10.0. The Hall–Kier alpha value is -1.60. The number of sulfone groups is 1. The highest BCUT2D eigenvalue weighted by atomic mass is 32.2. The molecule has 0 bridgehead atoms. The monoisotopic (exact) mass is 420 g/mol. The van der Waals surface area contributed by atoms with Crippen LogP contribution in [0.25, 0.3) is 0 Å². The van der Waals surface area contributed by atoms with Gasteiger partial charge in [-0.1, -0.05) is 25.0 Å². The number of benzene rings is 1. The van der Waals surface area contributed by atoms with Gasteiger partial charge >= 0.3 is 0 Å². The summed E-state index contributed by atoms with van der Waals surface area (Å²) in [6.45, 7) is 1.29. The fourth-order valence-electron chi connectivity index (χ4n) is 5.36. The van der Waals surface area contributed by atoms with Crippen molar-refractivity contribution in [2.24, 2.45) is 0 Å². The van der Waals surface area contributed by atoms with Crippen LogP contribution in [0.5, 0.6) is 5.75 Å². The Labute approximate surface area is 174 Å². The van der Waals surface area contributed by atoms with Crippen LogP contribution in [0.1, 0.15) is 56.6 Å². The first-order valence-corrected chi connectivity index (χ1v) is 12.7. The SMILES string of the molecule is COc1ccc([C@@H]2CCCN2CC(=O)N(C2CCCC2)[C@H]2CCS(=O)(=O)C2)cc1. The average Bonchev–Trinajstić information content (AvgIpc) is 3.44. The van der Waals surface area contributed by atoms with Crippen molar-refractivity contribution < 1.29 is 17.9 Å². The summed E-state index contributed by atoms with van der Waals surface area (Å²) in [5, 5.41) is 0. The molecule has 160 valence electrons. The molecule has 2 heterocycles. The number of ether oxygens (including phenoxy) is 1. The van der Waals surface area contributed by atoms with Gasteiger partial charge in [-0.2, -0.15) is 0 Å². The molecule has 0 radical (unpaired) electrons. The molecule has 4 rings (SSSR count). The Morgan fingerprint density at radius 3 is 2.41 bits per heavy atom. The fourth-order valence-corrected chi connectivity index (χ4v) is 7.07. The molecule has 6 nitrogen and oxygen atoms in total. The predicted octanol–water partition coefficient (Wildman–Crippen LogP) is 2.79.